The molecular weight excluding hydrogens is 206 g/mol. The van der Waals surface area contributed by atoms with Gasteiger partial charge < -0.3 is 4.90 Å². The summed E-state index contributed by atoms with van der Waals surface area (Å²) in [6, 6.07) is 0.766. The number of hydrogen-bond acceptors (Lipinski definition) is 1. The molecule has 0 amide bonds. The van der Waals surface area contributed by atoms with Crippen molar-refractivity contribution in [1.29, 1.82) is 0 Å². The topological polar surface area (TPSA) is 3.24 Å². The van der Waals surface area contributed by atoms with Crippen LogP contribution in [0, 0.1) is 17.3 Å². The average molecular weight is 235 g/mol. The molecule has 0 N–H and O–H groups in total. The molecule has 1 saturated heterocycles. The number of likely N-dealkylation sites (tertiary alicyclic amines) is 1. The third-order valence-electron chi connectivity index (χ3n) is 6.04. The standard InChI is InChI=1S/C16H29N/c1-13(2)17-11-10-16-9-7-5-3-4-6-8-14(16)15(16)12-17/h13-15H,3-12H2,1-2H3/t14-,15?,16?/m1/s1. The van der Waals surface area contributed by atoms with Crippen molar-refractivity contribution < 1.29 is 0 Å². The van der Waals surface area contributed by atoms with Crippen LogP contribution in [-0.4, -0.2) is 24.0 Å². The molecule has 0 aromatic rings. The first-order valence-electron chi connectivity index (χ1n) is 7.98. The Bertz CT molecular complexity index is 273. The molecule has 0 radical (unpaired) electrons. The van der Waals surface area contributed by atoms with Gasteiger partial charge >= 0.3 is 0 Å². The molecule has 98 valence electrons. The van der Waals surface area contributed by atoms with Gasteiger partial charge in [-0.1, -0.05) is 32.1 Å². The van der Waals surface area contributed by atoms with Gasteiger partial charge in [0.15, 0.2) is 0 Å². The molecule has 3 atom stereocenters. The lowest BCUT2D eigenvalue weighted by molar-refractivity contribution is 0.138. The van der Waals surface area contributed by atoms with Gasteiger partial charge in [0.05, 0.1) is 0 Å². The number of fused-ring (bicyclic) bond motifs is 1. The fourth-order valence-corrected chi connectivity index (χ4v) is 4.85. The van der Waals surface area contributed by atoms with Gasteiger partial charge in [0.25, 0.3) is 0 Å². The average Bonchev–Trinajstić information content (AvgIpc) is 2.92. The van der Waals surface area contributed by atoms with E-state index < -0.39 is 0 Å². The minimum absolute atomic E-state index is 0.766. The maximum Gasteiger partial charge on any atom is 0.00387 e. The van der Waals surface area contributed by atoms with Gasteiger partial charge in [-0.15, -0.1) is 0 Å². The van der Waals surface area contributed by atoms with Crippen LogP contribution >= 0.6 is 0 Å². The Morgan fingerprint density at radius 2 is 1.71 bits per heavy atom. The van der Waals surface area contributed by atoms with Gasteiger partial charge in [-0.3, -0.25) is 0 Å². The van der Waals surface area contributed by atoms with Crippen LogP contribution in [0.2, 0.25) is 0 Å². The third kappa shape index (κ3) is 2.05. The molecule has 0 aromatic carbocycles. The zero-order valence-electron chi connectivity index (χ0n) is 11.8. The Hall–Kier alpha value is -0.0400. The summed E-state index contributed by atoms with van der Waals surface area (Å²) in [5.41, 5.74) is 0.829. The molecule has 3 rings (SSSR count). The Morgan fingerprint density at radius 3 is 2.53 bits per heavy atom. The van der Waals surface area contributed by atoms with Crippen molar-refractivity contribution in [3.63, 3.8) is 0 Å². The first kappa shape index (κ1) is 12.0. The van der Waals surface area contributed by atoms with Crippen molar-refractivity contribution in [3.8, 4) is 0 Å². The summed E-state index contributed by atoms with van der Waals surface area (Å²) in [5, 5.41) is 0. The van der Waals surface area contributed by atoms with E-state index in [0.29, 0.717) is 0 Å². The van der Waals surface area contributed by atoms with Gasteiger partial charge in [0.2, 0.25) is 0 Å². The lowest BCUT2D eigenvalue weighted by atomic mass is 9.87. The maximum absolute atomic E-state index is 2.73. The van der Waals surface area contributed by atoms with Crippen LogP contribution < -0.4 is 0 Å². The molecule has 1 heterocycles. The molecule has 0 bridgehead atoms. The second kappa shape index (κ2) is 4.57. The van der Waals surface area contributed by atoms with Crippen molar-refractivity contribution in [2.24, 2.45) is 17.3 Å². The molecular formula is C16H29N. The summed E-state index contributed by atoms with van der Waals surface area (Å²) in [6.07, 6.45) is 12.2. The Morgan fingerprint density at radius 1 is 0.941 bits per heavy atom. The normalized spacial score (nSPS) is 43.2. The first-order valence-corrected chi connectivity index (χ1v) is 7.98. The molecule has 3 fully saturated rings. The largest absolute Gasteiger partial charge is 0.301 e. The molecule has 2 aliphatic carbocycles. The zero-order valence-corrected chi connectivity index (χ0v) is 11.8. The van der Waals surface area contributed by atoms with Crippen LogP contribution in [0.4, 0.5) is 0 Å². The second-order valence-corrected chi connectivity index (χ2v) is 7.09. The summed E-state index contributed by atoms with van der Waals surface area (Å²) >= 11 is 0. The van der Waals surface area contributed by atoms with Gasteiger partial charge in [-0.2, -0.15) is 0 Å². The fourth-order valence-electron chi connectivity index (χ4n) is 4.85. The van der Waals surface area contributed by atoms with Crippen LogP contribution in [0.15, 0.2) is 0 Å². The van der Waals surface area contributed by atoms with E-state index in [9.17, 15) is 0 Å². The zero-order chi connectivity index (χ0) is 11.9. The quantitative estimate of drug-likeness (QED) is 0.662. The molecule has 1 nitrogen and oxygen atoms in total. The highest BCUT2D eigenvalue weighted by molar-refractivity contribution is 5.13. The monoisotopic (exact) mass is 235 g/mol. The summed E-state index contributed by atoms with van der Waals surface area (Å²) < 4.78 is 0. The molecule has 1 aliphatic heterocycles. The second-order valence-electron chi connectivity index (χ2n) is 7.09. The molecule has 2 unspecified atom stereocenters. The van der Waals surface area contributed by atoms with Crippen LogP contribution in [0.3, 0.4) is 0 Å². The van der Waals surface area contributed by atoms with E-state index in [4.69, 9.17) is 0 Å². The van der Waals surface area contributed by atoms with Crippen molar-refractivity contribution in [2.45, 2.75) is 71.3 Å². The SMILES string of the molecule is CC(C)N1CCC23CCCCCCC[C@@H]2C3C1. The van der Waals surface area contributed by atoms with E-state index in [2.05, 4.69) is 18.7 Å². The Balaban J connectivity index is 1.67. The van der Waals surface area contributed by atoms with E-state index in [0.717, 1.165) is 23.3 Å². The van der Waals surface area contributed by atoms with Crippen molar-refractivity contribution in [2.75, 3.05) is 13.1 Å². The van der Waals surface area contributed by atoms with Crippen molar-refractivity contribution in [1.82, 2.24) is 4.90 Å². The minimum atomic E-state index is 0.766. The summed E-state index contributed by atoms with van der Waals surface area (Å²) in [4.78, 5) is 2.73. The number of hydrogen-bond donors (Lipinski definition) is 0. The lowest BCUT2D eigenvalue weighted by Crippen LogP contribution is -2.39. The van der Waals surface area contributed by atoms with Crippen molar-refractivity contribution >= 4 is 0 Å². The summed E-state index contributed by atoms with van der Waals surface area (Å²) in [6.45, 7) is 7.54. The molecule has 3 aliphatic rings. The number of rotatable bonds is 1. The maximum atomic E-state index is 2.73. The Kier molecular flexibility index (Phi) is 3.23. The molecule has 1 heteroatoms. The van der Waals surface area contributed by atoms with E-state index in [1.807, 2.05) is 0 Å². The fraction of sp³-hybridized carbons (Fsp3) is 1.00. The highest BCUT2D eigenvalue weighted by Gasteiger charge is 2.64. The predicted molar refractivity (Wildman–Crippen MR) is 73.1 cm³/mol. The van der Waals surface area contributed by atoms with Crippen LogP contribution in [0.25, 0.3) is 0 Å². The van der Waals surface area contributed by atoms with E-state index in [1.165, 1.54) is 51.6 Å². The van der Waals surface area contributed by atoms with E-state index in [1.54, 1.807) is 12.8 Å². The molecule has 2 saturated carbocycles. The van der Waals surface area contributed by atoms with Gasteiger partial charge in [0.1, 0.15) is 0 Å². The van der Waals surface area contributed by atoms with Gasteiger partial charge in [-0.25, -0.2) is 0 Å². The van der Waals surface area contributed by atoms with Gasteiger partial charge in [0, 0.05) is 12.6 Å². The smallest absolute Gasteiger partial charge is 0.00387 e. The molecule has 17 heavy (non-hydrogen) atoms. The Labute approximate surface area is 107 Å². The minimum Gasteiger partial charge on any atom is -0.301 e. The number of piperidine rings is 1. The predicted octanol–water partition coefficient (Wildman–Crippen LogP) is 4.08. The highest BCUT2D eigenvalue weighted by atomic mass is 15.2. The van der Waals surface area contributed by atoms with E-state index in [-0.39, 0.29) is 0 Å². The first-order chi connectivity index (χ1) is 8.24. The third-order valence-corrected chi connectivity index (χ3v) is 6.04. The molecule has 1 spiro atoms. The highest BCUT2D eigenvalue weighted by Crippen LogP contribution is 2.68. The van der Waals surface area contributed by atoms with Crippen LogP contribution in [0.1, 0.15) is 65.2 Å². The van der Waals surface area contributed by atoms with E-state index >= 15 is 0 Å². The van der Waals surface area contributed by atoms with Crippen LogP contribution in [-0.2, 0) is 0 Å². The van der Waals surface area contributed by atoms with Gasteiger partial charge in [-0.05, 0) is 56.9 Å². The summed E-state index contributed by atoms with van der Waals surface area (Å²) in [5.74, 6) is 2.20. The molecule has 0 aromatic heterocycles. The van der Waals surface area contributed by atoms with Crippen LogP contribution in [0.5, 0.6) is 0 Å². The lowest BCUT2D eigenvalue weighted by Gasteiger charge is -2.34. The summed E-state index contributed by atoms with van der Waals surface area (Å²) in [7, 11) is 0. The van der Waals surface area contributed by atoms with Crippen molar-refractivity contribution in [3.05, 3.63) is 0 Å². The number of nitrogens with zero attached hydrogens (tertiary/aromatic N) is 1.